The number of hydrogen-bond donors (Lipinski definition) is 3. The van der Waals surface area contributed by atoms with Gasteiger partial charge in [0.05, 0.1) is 0 Å². The molecule has 0 spiro atoms. The van der Waals surface area contributed by atoms with Crippen molar-refractivity contribution < 1.29 is 0 Å². The molecule has 0 atom stereocenters. The normalized spacial score (nSPS) is 10.9. The highest BCUT2D eigenvalue weighted by molar-refractivity contribution is 5.96. The molecule has 0 radical (unpaired) electrons. The average molecular weight is 293 g/mol. The summed E-state index contributed by atoms with van der Waals surface area (Å²) in [6.45, 7) is 4.08. The van der Waals surface area contributed by atoms with Gasteiger partial charge in [0.25, 0.3) is 0 Å². The van der Waals surface area contributed by atoms with Crippen LogP contribution in [0.4, 0.5) is 23.0 Å². The van der Waals surface area contributed by atoms with E-state index in [2.05, 4.69) is 38.8 Å². The summed E-state index contributed by atoms with van der Waals surface area (Å²) < 4.78 is 0. The Kier molecular flexibility index (Phi) is 3.78. The summed E-state index contributed by atoms with van der Waals surface area (Å²) in [4.78, 5) is 8.46. The highest BCUT2D eigenvalue weighted by Crippen LogP contribution is 2.30. The lowest BCUT2D eigenvalue weighted by Crippen LogP contribution is -2.14. The van der Waals surface area contributed by atoms with Crippen molar-refractivity contribution in [2.75, 3.05) is 16.4 Å². The zero-order valence-electron chi connectivity index (χ0n) is 12.7. The molecule has 1 heterocycles. The van der Waals surface area contributed by atoms with Gasteiger partial charge in [-0.1, -0.05) is 36.4 Å². The highest BCUT2D eigenvalue weighted by Gasteiger charge is 2.10. The number of hydrogen-bond acceptors (Lipinski definition) is 5. The molecule has 0 aliphatic carbocycles. The number of rotatable bonds is 4. The molecule has 2 aromatic carbocycles. The molecule has 4 N–H and O–H groups in total. The van der Waals surface area contributed by atoms with Crippen molar-refractivity contribution in [3.8, 4) is 0 Å². The first-order valence-electron chi connectivity index (χ1n) is 7.27. The van der Waals surface area contributed by atoms with E-state index >= 15 is 0 Å². The topological polar surface area (TPSA) is 75.9 Å². The average Bonchev–Trinajstić information content (AvgIpc) is 2.51. The lowest BCUT2D eigenvalue weighted by Gasteiger charge is -2.15. The Hall–Kier alpha value is -2.82. The van der Waals surface area contributed by atoms with Gasteiger partial charge in [0.1, 0.15) is 12.0 Å². The number of nitrogens with one attached hydrogen (secondary N) is 2. The number of anilines is 4. The van der Waals surface area contributed by atoms with Crippen LogP contribution in [0.5, 0.6) is 0 Å². The second kappa shape index (κ2) is 5.89. The Labute approximate surface area is 129 Å². The molecule has 0 bridgehead atoms. The minimum Gasteiger partial charge on any atom is -0.393 e. The molecule has 0 saturated heterocycles. The van der Waals surface area contributed by atoms with Gasteiger partial charge in [-0.3, -0.25) is 0 Å². The second-order valence-electron chi connectivity index (χ2n) is 5.44. The van der Waals surface area contributed by atoms with Crippen molar-refractivity contribution in [2.45, 2.75) is 19.9 Å². The van der Waals surface area contributed by atoms with Gasteiger partial charge in [0.15, 0.2) is 11.6 Å². The maximum Gasteiger partial charge on any atom is 0.159 e. The van der Waals surface area contributed by atoms with Crippen LogP contribution in [0.15, 0.2) is 48.8 Å². The van der Waals surface area contributed by atoms with Gasteiger partial charge in [-0.05, 0) is 25.3 Å². The molecule has 112 valence electrons. The van der Waals surface area contributed by atoms with E-state index in [0.29, 0.717) is 17.3 Å². The van der Waals surface area contributed by atoms with Gasteiger partial charge < -0.3 is 16.4 Å². The van der Waals surface area contributed by atoms with Gasteiger partial charge >= 0.3 is 0 Å². The fourth-order valence-corrected chi connectivity index (χ4v) is 2.35. The third kappa shape index (κ3) is 2.79. The molecular weight excluding hydrogens is 274 g/mol. The molecule has 5 nitrogen and oxygen atoms in total. The number of nitrogens with two attached hydrogens (primary N) is 1. The van der Waals surface area contributed by atoms with Crippen molar-refractivity contribution in [2.24, 2.45) is 0 Å². The standard InChI is InChI=1S/C17H19N5/c1-11(2)21-16-15(18)17(20-10-19-16)22-14-9-5-7-12-6-3-4-8-13(12)14/h3-11H,18H2,1-2H3,(H2,19,20,21,22). The smallest absolute Gasteiger partial charge is 0.159 e. The minimum absolute atomic E-state index is 0.252. The first kappa shape index (κ1) is 14.1. The van der Waals surface area contributed by atoms with Crippen molar-refractivity contribution in [3.05, 3.63) is 48.8 Å². The molecule has 0 aliphatic rings. The van der Waals surface area contributed by atoms with Crippen LogP contribution in [0.25, 0.3) is 10.8 Å². The first-order valence-corrected chi connectivity index (χ1v) is 7.27. The van der Waals surface area contributed by atoms with Crippen molar-refractivity contribution in [1.82, 2.24) is 9.97 Å². The summed E-state index contributed by atoms with van der Waals surface area (Å²) >= 11 is 0. The summed E-state index contributed by atoms with van der Waals surface area (Å²) in [5, 5.41) is 8.83. The summed E-state index contributed by atoms with van der Waals surface area (Å²) in [6, 6.07) is 14.5. The zero-order valence-corrected chi connectivity index (χ0v) is 12.7. The number of nitrogens with zero attached hydrogens (tertiary/aromatic N) is 2. The SMILES string of the molecule is CC(C)Nc1ncnc(Nc2cccc3ccccc23)c1N. The Morgan fingerprint density at radius 3 is 2.50 bits per heavy atom. The van der Waals surface area contributed by atoms with Crippen LogP contribution in [-0.2, 0) is 0 Å². The predicted molar refractivity (Wildman–Crippen MR) is 92.4 cm³/mol. The number of nitrogen functional groups attached to an aromatic ring is 1. The molecule has 0 saturated carbocycles. The number of benzene rings is 2. The molecule has 5 heteroatoms. The van der Waals surface area contributed by atoms with Crippen LogP contribution in [-0.4, -0.2) is 16.0 Å². The molecule has 0 fully saturated rings. The molecule has 3 aromatic rings. The Balaban J connectivity index is 1.99. The summed E-state index contributed by atoms with van der Waals surface area (Å²) in [5.74, 6) is 1.25. The van der Waals surface area contributed by atoms with E-state index < -0.39 is 0 Å². The number of aromatic nitrogens is 2. The zero-order chi connectivity index (χ0) is 15.5. The molecule has 0 amide bonds. The fraction of sp³-hybridized carbons (Fsp3) is 0.176. The molecule has 0 unspecified atom stereocenters. The lowest BCUT2D eigenvalue weighted by molar-refractivity contribution is 0.887. The molecule has 0 aliphatic heterocycles. The van der Waals surface area contributed by atoms with Gasteiger partial charge in [-0.15, -0.1) is 0 Å². The van der Waals surface area contributed by atoms with Crippen LogP contribution < -0.4 is 16.4 Å². The van der Waals surface area contributed by atoms with E-state index in [4.69, 9.17) is 5.73 Å². The Morgan fingerprint density at radius 1 is 0.955 bits per heavy atom. The van der Waals surface area contributed by atoms with E-state index in [1.54, 1.807) is 0 Å². The number of fused-ring (bicyclic) bond motifs is 1. The third-order valence-corrected chi connectivity index (χ3v) is 3.35. The Bertz CT molecular complexity index is 793. The Morgan fingerprint density at radius 2 is 1.68 bits per heavy atom. The quantitative estimate of drug-likeness (QED) is 0.682. The monoisotopic (exact) mass is 293 g/mol. The third-order valence-electron chi connectivity index (χ3n) is 3.35. The highest BCUT2D eigenvalue weighted by atomic mass is 15.1. The maximum atomic E-state index is 6.17. The fourth-order valence-electron chi connectivity index (χ4n) is 2.35. The van der Waals surface area contributed by atoms with Crippen LogP contribution >= 0.6 is 0 Å². The van der Waals surface area contributed by atoms with Gasteiger partial charge in [-0.2, -0.15) is 0 Å². The summed E-state index contributed by atoms with van der Waals surface area (Å²) in [5.41, 5.74) is 7.66. The first-order chi connectivity index (χ1) is 10.6. The van der Waals surface area contributed by atoms with Crippen molar-refractivity contribution in [3.63, 3.8) is 0 Å². The lowest BCUT2D eigenvalue weighted by atomic mass is 10.1. The van der Waals surface area contributed by atoms with E-state index in [0.717, 1.165) is 11.1 Å². The largest absolute Gasteiger partial charge is 0.393 e. The van der Waals surface area contributed by atoms with Crippen molar-refractivity contribution >= 4 is 33.8 Å². The van der Waals surface area contributed by atoms with Crippen LogP contribution in [0, 0.1) is 0 Å². The molecule has 22 heavy (non-hydrogen) atoms. The minimum atomic E-state index is 0.252. The summed E-state index contributed by atoms with van der Waals surface area (Å²) in [6.07, 6.45) is 1.51. The van der Waals surface area contributed by atoms with Gasteiger partial charge in [-0.25, -0.2) is 9.97 Å². The summed E-state index contributed by atoms with van der Waals surface area (Å²) in [7, 11) is 0. The van der Waals surface area contributed by atoms with E-state index in [-0.39, 0.29) is 6.04 Å². The molecule has 1 aromatic heterocycles. The van der Waals surface area contributed by atoms with Crippen LogP contribution in [0.1, 0.15) is 13.8 Å². The van der Waals surface area contributed by atoms with Crippen molar-refractivity contribution in [1.29, 1.82) is 0 Å². The van der Waals surface area contributed by atoms with Gasteiger partial charge in [0.2, 0.25) is 0 Å². The van der Waals surface area contributed by atoms with Gasteiger partial charge in [0, 0.05) is 17.1 Å². The predicted octanol–water partition coefficient (Wildman–Crippen LogP) is 3.78. The second-order valence-corrected chi connectivity index (χ2v) is 5.44. The molecule has 3 rings (SSSR count). The maximum absolute atomic E-state index is 6.17. The van der Waals surface area contributed by atoms with E-state index in [1.807, 2.05) is 38.1 Å². The van der Waals surface area contributed by atoms with Crippen LogP contribution in [0.2, 0.25) is 0 Å². The molecular formula is C17H19N5. The van der Waals surface area contributed by atoms with Crippen LogP contribution in [0.3, 0.4) is 0 Å². The van der Waals surface area contributed by atoms with E-state index in [9.17, 15) is 0 Å². The van der Waals surface area contributed by atoms with E-state index in [1.165, 1.54) is 11.7 Å².